The summed E-state index contributed by atoms with van der Waals surface area (Å²) < 4.78 is 1.48. The molecule has 9 nitrogen and oxygen atoms in total. The third-order valence-corrected chi connectivity index (χ3v) is 3.96. The average Bonchev–Trinajstić information content (AvgIpc) is 3.15. The van der Waals surface area contributed by atoms with Crippen LogP contribution in [-0.2, 0) is 0 Å². The van der Waals surface area contributed by atoms with Crippen molar-refractivity contribution in [2.24, 2.45) is 0 Å². The highest BCUT2D eigenvalue weighted by Crippen LogP contribution is 2.22. The van der Waals surface area contributed by atoms with Crippen molar-refractivity contribution in [3.05, 3.63) is 81.8 Å². The first-order valence-electron chi connectivity index (χ1n) is 8.40. The second-order valence-corrected chi connectivity index (χ2v) is 6.39. The van der Waals surface area contributed by atoms with Crippen molar-refractivity contribution in [3.63, 3.8) is 0 Å². The summed E-state index contributed by atoms with van der Waals surface area (Å²) in [6, 6.07) is 13.0. The zero-order chi connectivity index (χ0) is 20.3. The van der Waals surface area contributed by atoms with Gasteiger partial charge in [0.05, 0.1) is 16.2 Å². The van der Waals surface area contributed by atoms with Crippen LogP contribution in [0.1, 0.15) is 21.7 Å². The van der Waals surface area contributed by atoms with Crippen LogP contribution in [0.3, 0.4) is 0 Å². The van der Waals surface area contributed by atoms with Gasteiger partial charge in [0, 0.05) is 38.0 Å². The standard InChI is InChI=1S/C19H18N6O3/c1-13-4-8-15(9-5-13)24-19(20-21-22-24)17(12-23(2)3)18(26)14-6-10-16(11-7-14)25(27)28/h4-12H,1-3H3. The lowest BCUT2D eigenvalue weighted by atomic mass is 10.0. The number of allylic oxidation sites excluding steroid dienone is 1. The molecule has 3 aromatic rings. The molecule has 0 unspecified atom stereocenters. The third-order valence-electron chi connectivity index (χ3n) is 3.96. The predicted octanol–water partition coefficient (Wildman–Crippen LogP) is 2.66. The van der Waals surface area contributed by atoms with Gasteiger partial charge in [0.1, 0.15) is 0 Å². The largest absolute Gasteiger partial charge is 0.383 e. The quantitative estimate of drug-likeness (QED) is 0.281. The summed E-state index contributed by atoms with van der Waals surface area (Å²) >= 11 is 0. The first-order valence-corrected chi connectivity index (χ1v) is 8.40. The van der Waals surface area contributed by atoms with Gasteiger partial charge in [-0.3, -0.25) is 14.9 Å². The molecule has 1 heterocycles. The molecule has 0 N–H and O–H groups in total. The highest BCUT2D eigenvalue weighted by molar-refractivity contribution is 6.28. The van der Waals surface area contributed by atoms with Crippen LogP contribution in [0.2, 0.25) is 0 Å². The lowest BCUT2D eigenvalue weighted by Crippen LogP contribution is -2.13. The van der Waals surface area contributed by atoms with E-state index in [0.29, 0.717) is 11.3 Å². The Morgan fingerprint density at radius 3 is 2.32 bits per heavy atom. The number of Topliss-reactive ketones (excluding diaryl/α,β-unsaturated/α-hetero) is 1. The summed E-state index contributed by atoms with van der Waals surface area (Å²) in [6.45, 7) is 1.97. The molecule has 0 saturated carbocycles. The van der Waals surface area contributed by atoms with Crippen molar-refractivity contribution >= 4 is 17.0 Å². The fourth-order valence-electron chi connectivity index (χ4n) is 2.58. The molecule has 3 rings (SSSR count). The van der Waals surface area contributed by atoms with E-state index >= 15 is 0 Å². The van der Waals surface area contributed by atoms with Crippen molar-refractivity contribution in [3.8, 4) is 5.69 Å². The van der Waals surface area contributed by atoms with Crippen LogP contribution in [0.4, 0.5) is 5.69 Å². The zero-order valence-corrected chi connectivity index (χ0v) is 15.6. The fourth-order valence-corrected chi connectivity index (χ4v) is 2.58. The molecule has 0 aliphatic heterocycles. The fraction of sp³-hybridized carbons (Fsp3) is 0.158. The molecular weight excluding hydrogens is 360 g/mol. The van der Waals surface area contributed by atoms with E-state index in [0.717, 1.165) is 5.56 Å². The number of nitro benzene ring substituents is 1. The number of aryl methyl sites for hydroxylation is 1. The molecule has 0 fully saturated rings. The van der Waals surface area contributed by atoms with Gasteiger partial charge in [0.15, 0.2) is 11.6 Å². The molecule has 1 aromatic heterocycles. The van der Waals surface area contributed by atoms with Crippen LogP contribution in [0.15, 0.2) is 54.7 Å². The molecule has 28 heavy (non-hydrogen) atoms. The minimum atomic E-state index is -0.511. The van der Waals surface area contributed by atoms with Crippen LogP contribution in [0, 0.1) is 17.0 Å². The number of hydrogen-bond donors (Lipinski definition) is 0. The Hall–Kier alpha value is -3.88. The van der Waals surface area contributed by atoms with Crippen LogP contribution < -0.4 is 0 Å². The Kier molecular flexibility index (Phi) is 5.25. The van der Waals surface area contributed by atoms with Crippen molar-refractivity contribution in [1.82, 2.24) is 25.1 Å². The third kappa shape index (κ3) is 3.93. The van der Waals surface area contributed by atoms with Crippen molar-refractivity contribution in [1.29, 1.82) is 0 Å². The highest BCUT2D eigenvalue weighted by Gasteiger charge is 2.22. The summed E-state index contributed by atoms with van der Waals surface area (Å²) in [5, 5.41) is 22.6. The maximum absolute atomic E-state index is 13.1. The molecule has 0 amide bonds. The lowest BCUT2D eigenvalue weighted by molar-refractivity contribution is -0.384. The normalized spacial score (nSPS) is 11.3. The van der Waals surface area contributed by atoms with E-state index in [1.165, 1.54) is 28.9 Å². The van der Waals surface area contributed by atoms with Crippen LogP contribution in [-0.4, -0.2) is 49.9 Å². The number of aromatic nitrogens is 4. The van der Waals surface area contributed by atoms with Gasteiger partial charge in [-0.1, -0.05) is 17.7 Å². The molecule has 0 atom stereocenters. The molecule has 0 radical (unpaired) electrons. The first-order chi connectivity index (χ1) is 13.4. The van der Waals surface area contributed by atoms with Gasteiger partial charge < -0.3 is 4.90 Å². The van der Waals surface area contributed by atoms with Gasteiger partial charge in [0.25, 0.3) is 5.69 Å². The molecule has 2 aromatic carbocycles. The molecule has 142 valence electrons. The highest BCUT2D eigenvalue weighted by atomic mass is 16.6. The van der Waals surface area contributed by atoms with Crippen molar-refractivity contribution in [2.45, 2.75) is 6.92 Å². The summed E-state index contributed by atoms with van der Waals surface area (Å²) in [5.41, 5.74) is 2.29. The number of nitrogens with zero attached hydrogens (tertiary/aromatic N) is 6. The molecule has 0 aliphatic carbocycles. The first kappa shape index (κ1) is 18.9. The molecule has 0 saturated heterocycles. The minimum absolute atomic E-state index is 0.0841. The number of nitro groups is 1. The molecule has 9 heteroatoms. The number of non-ortho nitro benzene ring substituents is 1. The summed E-state index contributed by atoms with van der Waals surface area (Å²) in [5.74, 6) is -0.0623. The van der Waals surface area contributed by atoms with E-state index in [2.05, 4.69) is 15.5 Å². The minimum Gasteiger partial charge on any atom is -0.383 e. The van der Waals surface area contributed by atoms with Gasteiger partial charge >= 0.3 is 0 Å². The van der Waals surface area contributed by atoms with Crippen LogP contribution >= 0.6 is 0 Å². The van der Waals surface area contributed by atoms with Gasteiger partial charge in [-0.25, -0.2) is 0 Å². The van der Waals surface area contributed by atoms with Gasteiger partial charge in [-0.05, 0) is 41.6 Å². The van der Waals surface area contributed by atoms with E-state index in [9.17, 15) is 14.9 Å². The van der Waals surface area contributed by atoms with Crippen molar-refractivity contribution in [2.75, 3.05) is 14.1 Å². The summed E-state index contributed by atoms with van der Waals surface area (Å²) in [6.07, 6.45) is 1.63. The number of benzene rings is 2. The van der Waals surface area contributed by atoms with E-state index in [4.69, 9.17) is 0 Å². The predicted molar refractivity (Wildman–Crippen MR) is 103 cm³/mol. The van der Waals surface area contributed by atoms with Crippen LogP contribution in [0.25, 0.3) is 11.3 Å². The summed E-state index contributed by atoms with van der Waals surface area (Å²) in [7, 11) is 3.56. The Morgan fingerprint density at radius 2 is 1.75 bits per heavy atom. The second-order valence-electron chi connectivity index (χ2n) is 6.39. The van der Waals surface area contributed by atoms with Crippen molar-refractivity contribution < 1.29 is 9.72 Å². The lowest BCUT2D eigenvalue weighted by Gasteiger charge is -2.12. The maximum Gasteiger partial charge on any atom is 0.269 e. The van der Waals surface area contributed by atoms with E-state index in [1.54, 1.807) is 25.2 Å². The van der Waals surface area contributed by atoms with Gasteiger partial charge in [-0.15, -0.1) is 5.10 Å². The molecular formula is C19H18N6O3. The number of ketones is 1. The SMILES string of the molecule is Cc1ccc(-n2nnnc2C(=CN(C)C)C(=O)c2ccc([N+](=O)[O-])cc2)cc1. The van der Waals surface area contributed by atoms with Crippen LogP contribution in [0.5, 0.6) is 0 Å². The Bertz CT molecular complexity index is 1040. The summed E-state index contributed by atoms with van der Waals surface area (Å²) in [4.78, 5) is 25.2. The smallest absolute Gasteiger partial charge is 0.269 e. The number of carbonyl (C=O) groups is 1. The number of rotatable bonds is 6. The second kappa shape index (κ2) is 7.78. The molecule has 0 aliphatic rings. The van der Waals surface area contributed by atoms with E-state index in [-0.39, 0.29) is 22.9 Å². The Balaban J connectivity index is 2.05. The Morgan fingerprint density at radius 1 is 1.11 bits per heavy atom. The number of hydrogen-bond acceptors (Lipinski definition) is 7. The Labute approximate surface area is 161 Å². The number of carbonyl (C=O) groups excluding carboxylic acids is 1. The van der Waals surface area contributed by atoms with E-state index < -0.39 is 4.92 Å². The van der Waals surface area contributed by atoms with Gasteiger partial charge in [0.2, 0.25) is 0 Å². The average molecular weight is 378 g/mol. The monoisotopic (exact) mass is 378 g/mol. The maximum atomic E-state index is 13.1. The molecule has 0 bridgehead atoms. The molecule has 0 spiro atoms. The van der Waals surface area contributed by atoms with E-state index in [1.807, 2.05) is 31.2 Å². The number of tetrazole rings is 1. The zero-order valence-electron chi connectivity index (χ0n) is 15.6. The topological polar surface area (TPSA) is 107 Å². The van der Waals surface area contributed by atoms with Gasteiger partial charge in [-0.2, -0.15) is 4.68 Å².